The van der Waals surface area contributed by atoms with Crippen molar-refractivity contribution in [3.8, 4) is 0 Å². The molecule has 0 aromatic heterocycles. The lowest BCUT2D eigenvalue weighted by atomic mass is 9.69. The van der Waals surface area contributed by atoms with Crippen LogP contribution in [0.4, 0.5) is 0 Å². The van der Waals surface area contributed by atoms with Gasteiger partial charge in [0.1, 0.15) is 12.2 Å². The number of rotatable bonds is 6. The fourth-order valence-corrected chi connectivity index (χ4v) is 4.50. The van der Waals surface area contributed by atoms with Crippen molar-refractivity contribution in [1.82, 2.24) is 0 Å². The molecule has 0 radical (unpaired) electrons. The Kier molecular flexibility index (Phi) is 7.63. The first-order valence-electron chi connectivity index (χ1n) is 10.5. The topological polar surface area (TPSA) is 69.7 Å². The van der Waals surface area contributed by atoms with E-state index < -0.39 is 29.6 Å². The summed E-state index contributed by atoms with van der Waals surface area (Å²) in [6.45, 7) is 6.04. The van der Waals surface area contributed by atoms with Crippen molar-refractivity contribution in [1.29, 1.82) is 0 Å². The maximum atomic E-state index is 12.9. The summed E-state index contributed by atoms with van der Waals surface area (Å²) in [5.74, 6) is -1.25. The van der Waals surface area contributed by atoms with E-state index in [0.29, 0.717) is 5.02 Å². The van der Waals surface area contributed by atoms with Crippen molar-refractivity contribution in [2.45, 2.75) is 58.7 Å². The number of cyclic esters (lactones) is 1. The SMILES string of the molecule is CC(C)=CCC/C(C)=C/[C@H]1OC(=O)CC12C[C@H](OC(=O)c1ccc(Cl)cc1Cl)C=CC2=O. The van der Waals surface area contributed by atoms with E-state index in [0.717, 1.165) is 18.4 Å². The molecule has 1 aliphatic heterocycles. The van der Waals surface area contributed by atoms with Crippen molar-refractivity contribution in [3.05, 3.63) is 69.3 Å². The Morgan fingerprint density at radius 2 is 2.00 bits per heavy atom. The second kappa shape index (κ2) is 10.1. The molecule has 1 unspecified atom stereocenters. The van der Waals surface area contributed by atoms with Gasteiger partial charge in [0.05, 0.1) is 22.4 Å². The van der Waals surface area contributed by atoms with Crippen LogP contribution in [0, 0.1) is 5.41 Å². The van der Waals surface area contributed by atoms with Gasteiger partial charge >= 0.3 is 11.9 Å². The van der Waals surface area contributed by atoms with Gasteiger partial charge < -0.3 is 9.47 Å². The molecule has 1 saturated heterocycles. The van der Waals surface area contributed by atoms with Crippen LogP contribution in [-0.4, -0.2) is 29.9 Å². The monoisotopic (exact) mass is 476 g/mol. The first-order chi connectivity index (χ1) is 15.1. The predicted octanol–water partition coefficient (Wildman–Crippen LogP) is 6.04. The number of esters is 2. The molecule has 0 amide bonds. The minimum atomic E-state index is -1.08. The first-order valence-corrected chi connectivity index (χ1v) is 11.2. The zero-order chi connectivity index (χ0) is 23.5. The summed E-state index contributed by atoms with van der Waals surface area (Å²) in [6, 6.07) is 4.50. The highest BCUT2D eigenvalue weighted by Crippen LogP contribution is 2.45. The third-order valence-corrected chi connectivity index (χ3v) is 6.27. The fraction of sp³-hybridized carbons (Fsp3) is 0.400. The number of ether oxygens (including phenoxy) is 2. The van der Waals surface area contributed by atoms with Crippen molar-refractivity contribution in [2.75, 3.05) is 0 Å². The summed E-state index contributed by atoms with van der Waals surface area (Å²) in [5, 5.41) is 0.588. The minimum Gasteiger partial charge on any atom is -0.457 e. The zero-order valence-corrected chi connectivity index (χ0v) is 19.8. The Balaban J connectivity index is 1.78. The highest BCUT2D eigenvalue weighted by molar-refractivity contribution is 6.36. The van der Waals surface area contributed by atoms with Gasteiger partial charge in [-0.05, 0) is 70.0 Å². The van der Waals surface area contributed by atoms with Gasteiger partial charge in [0.25, 0.3) is 0 Å². The molecule has 0 saturated carbocycles. The summed E-state index contributed by atoms with van der Waals surface area (Å²) < 4.78 is 11.1. The van der Waals surface area contributed by atoms with Crippen LogP contribution >= 0.6 is 23.2 Å². The summed E-state index contributed by atoms with van der Waals surface area (Å²) in [6.07, 6.45) is 7.31. The van der Waals surface area contributed by atoms with E-state index in [-0.39, 0.29) is 29.2 Å². The molecule has 0 N–H and O–H groups in total. The number of hydrogen-bond donors (Lipinski definition) is 0. The Morgan fingerprint density at radius 3 is 2.69 bits per heavy atom. The Bertz CT molecular complexity index is 1020. The summed E-state index contributed by atoms with van der Waals surface area (Å²) in [5.41, 5.74) is 1.36. The van der Waals surface area contributed by atoms with E-state index in [2.05, 4.69) is 6.08 Å². The van der Waals surface area contributed by atoms with Gasteiger partial charge in [-0.25, -0.2) is 4.79 Å². The largest absolute Gasteiger partial charge is 0.457 e. The van der Waals surface area contributed by atoms with Crippen LogP contribution in [0.15, 0.2) is 53.6 Å². The second-order valence-electron chi connectivity index (χ2n) is 8.57. The van der Waals surface area contributed by atoms with E-state index >= 15 is 0 Å². The second-order valence-corrected chi connectivity index (χ2v) is 9.42. The van der Waals surface area contributed by atoms with Crippen LogP contribution in [-0.2, 0) is 19.1 Å². The number of benzene rings is 1. The van der Waals surface area contributed by atoms with Crippen molar-refractivity contribution < 1.29 is 23.9 Å². The molecule has 3 rings (SSSR count). The molecule has 1 aliphatic carbocycles. The smallest absolute Gasteiger partial charge is 0.340 e. The molecule has 7 heteroatoms. The standard InChI is InChI=1S/C25H26Cl2O5/c1-15(2)5-4-6-16(3)11-22-25(14-23(29)32-22)13-18(8-10-21(25)28)31-24(30)19-9-7-17(26)12-20(19)27/h5,7-12,18,22H,4,6,13-14H2,1-3H3/b16-11+/t18-,22-,25?/m1/s1. The Hall–Kier alpha value is -2.37. The van der Waals surface area contributed by atoms with Gasteiger partial charge in [-0.1, -0.05) is 40.4 Å². The quantitative estimate of drug-likeness (QED) is 0.369. The number of carbonyl (C=O) groups is 3. The van der Waals surface area contributed by atoms with Gasteiger partial charge in [0, 0.05) is 11.4 Å². The van der Waals surface area contributed by atoms with E-state index in [1.165, 1.54) is 23.8 Å². The lowest BCUT2D eigenvalue weighted by molar-refractivity contribution is -0.140. The van der Waals surface area contributed by atoms with Crippen molar-refractivity contribution in [3.63, 3.8) is 0 Å². The number of ketones is 1. The molecule has 2 aliphatic rings. The van der Waals surface area contributed by atoms with E-state index in [4.69, 9.17) is 32.7 Å². The van der Waals surface area contributed by atoms with Gasteiger partial charge in [0.15, 0.2) is 5.78 Å². The number of carbonyl (C=O) groups excluding carboxylic acids is 3. The number of hydrogen-bond acceptors (Lipinski definition) is 5. The highest BCUT2D eigenvalue weighted by Gasteiger charge is 2.55. The molecule has 1 aromatic rings. The van der Waals surface area contributed by atoms with Crippen LogP contribution in [0.2, 0.25) is 10.0 Å². The lowest BCUT2D eigenvalue weighted by Crippen LogP contribution is -2.43. The summed E-state index contributed by atoms with van der Waals surface area (Å²) >= 11 is 12.0. The lowest BCUT2D eigenvalue weighted by Gasteiger charge is -2.34. The molecule has 1 fully saturated rings. The molecule has 170 valence electrons. The minimum absolute atomic E-state index is 0.0473. The molecule has 3 atom stereocenters. The average Bonchev–Trinajstić information content (AvgIpc) is 2.99. The molecular formula is C25H26Cl2O5. The maximum absolute atomic E-state index is 12.9. The van der Waals surface area contributed by atoms with Gasteiger partial charge in [-0.2, -0.15) is 0 Å². The van der Waals surface area contributed by atoms with E-state index in [1.807, 2.05) is 26.8 Å². The molecule has 0 bridgehead atoms. The normalized spacial score (nSPS) is 25.1. The summed E-state index contributed by atoms with van der Waals surface area (Å²) in [7, 11) is 0. The molecule has 1 aromatic carbocycles. The molecular weight excluding hydrogens is 451 g/mol. The highest BCUT2D eigenvalue weighted by atomic mass is 35.5. The molecule has 1 spiro atoms. The van der Waals surface area contributed by atoms with Crippen LogP contribution in [0.3, 0.4) is 0 Å². The Morgan fingerprint density at radius 1 is 1.25 bits per heavy atom. The predicted molar refractivity (Wildman–Crippen MR) is 124 cm³/mol. The van der Waals surface area contributed by atoms with Gasteiger partial charge in [-0.3, -0.25) is 9.59 Å². The first kappa shape index (κ1) is 24.3. The van der Waals surface area contributed by atoms with E-state index in [1.54, 1.807) is 12.1 Å². The molecule has 5 nitrogen and oxygen atoms in total. The summed E-state index contributed by atoms with van der Waals surface area (Å²) in [4.78, 5) is 37.8. The van der Waals surface area contributed by atoms with Gasteiger partial charge in [0.2, 0.25) is 0 Å². The number of halogens is 2. The zero-order valence-electron chi connectivity index (χ0n) is 18.3. The third-order valence-electron chi connectivity index (χ3n) is 5.72. The van der Waals surface area contributed by atoms with Gasteiger partial charge in [-0.15, -0.1) is 0 Å². The van der Waals surface area contributed by atoms with E-state index in [9.17, 15) is 14.4 Å². The van der Waals surface area contributed by atoms with Crippen molar-refractivity contribution in [2.24, 2.45) is 5.41 Å². The van der Waals surface area contributed by atoms with Crippen molar-refractivity contribution >= 4 is 40.9 Å². The Labute approximate surface area is 198 Å². The fourth-order valence-electron chi connectivity index (χ4n) is 4.02. The van der Waals surface area contributed by atoms with Crippen LogP contribution in [0.25, 0.3) is 0 Å². The van der Waals surface area contributed by atoms with Crippen LogP contribution in [0.1, 0.15) is 56.8 Å². The average molecular weight is 477 g/mol. The van der Waals surface area contributed by atoms with Crippen LogP contribution < -0.4 is 0 Å². The molecule has 1 heterocycles. The van der Waals surface area contributed by atoms with Crippen LogP contribution in [0.5, 0.6) is 0 Å². The molecule has 32 heavy (non-hydrogen) atoms. The number of allylic oxidation sites excluding steroid dienone is 4. The third kappa shape index (κ3) is 5.51. The maximum Gasteiger partial charge on any atom is 0.340 e.